The highest BCUT2D eigenvalue weighted by molar-refractivity contribution is 6.53. The Balaban J connectivity index is 2.28. The molecule has 1 heterocycles. The molecule has 0 aromatic carbocycles. The number of hydrogen-bond donors (Lipinski definition) is 1. The van der Waals surface area contributed by atoms with Crippen LogP contribution in [-0.4, -0.2) is 14.8 Å². The van der Waals surface area contributed by atoms with Crippen molar-refractivity contribution < 1.29 is 0 Å². The first-order valence-electron chi connectivity index (χ1n) is 3.51. The van der Waals surface area contributed by atoms with Crippen molar-refractivity contribution in [2.24, 2.45) is 5.92 Å². The van der Waals surface area contributed by atoms with Gasteiger partial charge >= 0.3 is 0 Å². The van der Waals surface area contributed by atoms with Crippen LogP contribution in [0.4, 0.5) is 0 Å². The van der Waals surface area contributed by atoms with Crippen molar-refractivity contribution in [3.63, 3.8) is 0 Å². The van der Waals surface area contributed by atoms with Crippen molar-refractivity contribution in [1.29, 1.82) is 0 Å². The Morgan fingerprint density at radius 1 is 1.50 bits per heavy atom. The molecule has 0 aromatic rings. The molecule has 0 bridgehead atoms. The van der Waals surface area contributed by atoms with E-state index in [2.05, 4.69) is 19.0 Å². The van der Waals surface area contributed by atoms with Crippen LogP contribution < -0.4 is 5.14 Å². The molecule has 1 saturated heterocycles. The predicted octanol–water partition coefficient (Wildman–Crippen LogP) is 0.155. The first-order valence-corrected chi connectivity index (χ1v) is 3.51. The summed E-state index contributed by atoms with van der Waals surface area (Å²) < 4.78 is 0. The van der Waals surface area contributed by atoms with E-state index in [0.717, 1.165) is 11.7 Å². The highest BCUT2D eigenvalue weighted by Gasteiger charge is 2.17. The van der Waals surface area contributed by atoms with E-state index in [-0.39, 0.29) is 0 Å². The molecule has 3 heteroatoms. The van der Waals surface area contributed by atoms with E-state index in [1.165, 1.54) is 21.1 Å². The highest BCUT2D eigenvalue weighted by atomic mass is 14.6. The topological polar surface area (TPSA) is 12.0 Å². The van der Waals surface area contributed by atoms with Gasteiger partial charge in [-0.05, 0) is 0 Å². The average Bonchev–Trinajstić information content (AvgIpc) is 1.77. The van der Waals surface area contributed by atoms with Crippen molar-refractivity contribution in [2.75, 3.05) is 0 Å². The second-order valence-electron chi connectivity index (χ2n) is 2.95. The van der Waals surface area contributed by atoms with E-state index in [4.69, 9.17) is 0 Å². The Morgan fingerprint density at radius 3 is 2.62 bits per heavy atom. The van der Waals surface area contributed by atoms with Crippen molar-refractivity contribution in [3.05, 3.63) is 0 Å². The standard InChI is InChI=1S/C5H13B2N/c1-4-3-6-8-7-5(4)2/h4-8H,3H2,1-2H3. The van der Waals surface area contributed by atoms with Gasteiger partial charge in [0.25, 0.3) is 0 Å². The van der Waals surface area contributed by atoms with Crippen molar-refractivity contribution >= 4 is 14.8 Å². The van der Waals surface area contributed by atoms with E-state index < -0.39 is 0 Å². The SMILES string of the molecule is CC1BNBCC1C. The molecular formula is C5H13B2N. The molecular weight excluding hydrogens is 95.7 g/mol. The molecule has 1 rings (SSSR count). The molecule has 1 N–H and O–H groups in total. The van der Waals surface area contributed by atoms with Gasteiger partial charge in [0.15, 0.2) is 14.8 Å². The smallest absolute Gasteiger partial charge is 0.192 e. The largest absolute Gasteiger partial charge is 0.404 e. The van der Waals surface area contributed by atoms with Crippen LogP contribution in [0, 0.1) is 5.92 Å². The van der Waals surface area contributed by atoms with E-state index in [1.54, 1.807) is 0 Å². The molecule has 0 saturated carbocycles. The molecule has 1 aliphatic rings. The van der Waals surface area contributed by atoms with Gasteiger partial charge in [0.2, 0.25) is 0 Å². The molecule has 8 heavy (non-hydrogen) atoms. The molecule has 0 aromatic heterocycles. The highest BCUT2D eigenvalue weighted by Crippen LogP contribution is 2.20. The molecule has 1 nitrogen and oxygen atoms in total. The van der Waals surface area contributed by atoms with Gasteiger partial charge in [0, 0.05) is 0 Å². The summed E-state index contributed by atoms with van der Waals surface area (Å²) in [4.78, 5) is 0. The second kappa shape index (κ2) is 2.58. The van der Waals surface area contributed by atoms with Gasteiger partial charge in [-0.25, -0.2) is 0 Å². The fraction of sp³-hybridized carbons (Fsp3) is 1.00. The maximum atomic E-state index is 3.36. The Labute approximate surface area is 52.8 Å². The van der Waals surface area contributed by atoms with Gasteiger partial charge in [-0.15, -0.1) is 0 Å². The fourth-order valence-corrected chi connectivity index (χ4v) is 1.15. The van der Waals surface area contributed by atoms with Crippen molar-refractivity contribution in [1.82, 2.24) is 5.14 Å². The third-order valence-corrected chi connectivity index (χ3v) is 2.21. The summed E-state index contributed by atoms with van der Waals surface area (Å²) in [6.45, 7) is 4.66. The lowest BCUT2D eigenvalue weighted by Gasteiger charge is -2.23. The first-order chi connectivity index (χ1) is 3.80. The van der Waals surface area contributed by atoms with Crippen LogP contribution in [0.15, 0.2) is 0 Å². The molecule has 0 aliphatic carbocycles. The van der Waals surface area contributed by atoms with E-state index in [9.17, 15) is 0 Å². The third kappa shape index (κ3) is 1.28. The summed E-state index contributed by atoms with van der Waals surface area (Å²) in [5.74, 6) is 1.83. The minimum Gasteiger partial charge on any atom is -0.404 e. The van der Waals surface area contributed by atoms with Crippen LogP contribution in [0.5, 0.6) is 0 Å². The van der Waals surface area contributed by atoms with Gasteiger partial charge in [-0.3, -0.25) is 0 Å². The Bertz CT molecular complexity index is 66.8. The summed E-state index contributed by atoms with van der Waals surface area (Å²) >= 11 is 0. The summed E-state index contributed by atoms with van der Waals surface area (Å²) in [6.07, 6.45) is 1.36. The lowest BCUT2D eigenvalue weighted by molar-refractivity contribution is 0.601. The van der Waals surface area contributed by atoms with Gasteiger partial charge in [0.1, 0.15) is 0 Å². The lowest BCUT2D eigenvalue weighted by Crippen LogP contribution is -2.35. The molecule has 1 aliphatic heterocycles. The van der Waals surface area contributed by atoms with Gasteiger partial charge in [-0.1, -0.05) is 31.9 Å². The summed E-state index contributed by atoms with van der Waals surface area (Å²) in [6, 6.07) is 0. The quantitative estimate of drug-likeness (QED) is 0.436. The van der Waals surface area contributed by atoms with Crippen molar-refractivity contribution in [2.45, 2.75) is 26.0 Å². The maximum absolute atomic E-state index is 3.36. The van der Waals surface area contributed by atoms with Crippen LogP contribution >= 0.6 is 0 Å². The summed E-state index contributed by atoms with van der Waals surface area (Å²) in [5, 5.41) is 3.36. The number of nitrogens with one attached hydrogen (secondary N) is 1. The van der Waals surface area contributed by atoms with Crippen molar-refractivity contribution in [3.8, 4) is 0 Å². The molecule has 2 atom stereocenters. The van der Waals surface area contributed by atoms with Crippen LogP contribution in [0.2, 0.25) is 12.1 Å². The predicted molar refractivity (Wildman–Crippen MR) is 40.8 cm³/mol. The molecule has 0 spiro atoms. The minimum absolute atomic E-state index is 0.892. The van der Waals surface area contributed by atoms with Crippen LogP contribution in [-0.2, 0) is 0 Å². The zero-order valence-corrected chi connectivity index (χ0v) is 5.78. The monoisotopic (exact) mass is 109 g/mol. The fourth-order valence-electron chi connectivity index (χ4n) is 1.15. The average molecular weight is 109 g/mol. The lowest BCUT2D eigenvalue weighted by atomic mass is 9.56. The molecule has 0 radical (unpaired) electrons. The van der Waals surface area contributed by atoms with Crippen LogP contribution in [0.25, 0.3) is 0 Å². The minimum atomic E-state index is 0.892. The molecule has 0 amide bonds. The number of rotatable bonds is 0. The van der Waals surface area contributed by atoms with Crippen LogP contribution in [0.1, 0.15) is 13.8 Å². The molecule has 44 valence electrons. The van der Waals surface area contributed by atoms with E-state index in [0.29, 0.717) is 0 Å². The first kappa shape index (κ1) is 6.21. The Kier molecular flexibility index (Phi) is 2.01. The molecule has 2 unspecified atom stereocenters. The van der Waals surface area contributed by atoms with Gasteiger partial charge in [0.05, 0.1) is 0 Å². The van der Waals surface area contributed by atoms with E-state index >= 15 is 0 Å². The second-order valence-corrected chi connectivity index (χ2v) is 2.95. The Hall–Kier alpha value is 0.0899. The van der Waals surface area contributed by atoms with Gasteiger partial charge in [-0.2, -0.15) is 0 Å². The summed E-state index contributed by atoms with van der Waals surface area (Å²) in [5.41, 5.74) is 0. The maximum Gasteiger partial charge on any atom is 0.192 e. The molecule has 1 fully saturated rings. The van der Waals surface area contributed by atoms with Gasteiger partial charge < -0.3 is 5.14 Å². The zero-order valence-electron chi connectivity index (χ0n) is 5.78. The third-order valence-electron chi connectivity index (χ3n) is 2.21. The number of hydrogen-bond acceptors (Lipinski definition) is 1. The van der Waals surface area contributed by atoms with Crippen LogP contribution in [0.3, 0.4) is 0 Å². The summed E-state index contributed by atoms with van der Waals surface area (Å²) in [7, 11) is 2.45. The zero-order chi connectivity index (χ0) is 5.98. The Morgan fingerprint density at radius 2 is 2.25 bits per heavy atom. The normalized spacial score (nSPS) is 37.8. The van der Waals surface area contributed by atoms with E-state index in [1.807, 2.05) is 0 Å².